The van der Waals surface area contributed by atoms with E-state index in [1.165, 1.54) is 10.6 Å². The highest BCUT2D eigenvalue weighted by molar-refractivity contribution is 7.92. The number of nitrogens with zero attached hydrogens (tertiary/aromatic N) is 5. The lowest BCUT2D eigenvalue weighted by molar-refractivity contribution is 0.587. The number of rotatable bonds is 4. The largest absolute Gasteiger partial charge is 0.275 e. The third kappa shape index (κ3) is 3.90. The van der Waals surface area contributed by atoms with E-state index < -0.39 is 10.0 Å². The molecular formula is C22H22N6O2S. The van der Waals surface area contributed by atoms with Crippen LogP contribution in [0.15, 0.2) is 59.8 Å². The van der Waals surface area contributed by atoms with Crippen molar-refractivity contribution in [1.29, 1.82) is 5.26 Å². The van der Waals surface area contributed by atoms with Crippen LogP contribution in [0.3, 0.4) is 0 Å². The van der Waals surface area contributed by atoms with Crippen LogP contribution in [0.5, 0.6) is 0 Å². The van der Waals surface area contributed by atoms with E-state index in [1.807, 2.05) is 12.1 Å². The molecule has 0 bridgehead atoms. The van der Waals surface area contributed by atoms with Crippen LogP contribution in [0.4, 0.5) is 5.82 Å². The molecular weight excluding hydrogens is 412 g/mol. The van der Waals surface area contributed by atoms with Gasteiger partial charge in [0.25, 0.3) is 10.0 Å². The Morgan fingerprint density at radius 1 is 1.10 bits per heavy atom. The van der Waals surface area contributed by atoms with Gasteiger partial charge in [-0.3, -0.25) is 9.40 Å². The molecule has 0 fully saturated rings. The molecule has 0 saturated carbocycles. The molecule has 31 heavy (non-hydrogen) atoms. The molecule has 0 saturated heterocycles. The topological polar surface area (TPSA) is 105 Å². The summed E-state index contributed by atoms with van der Waals surface area (Å²) in [7, 11) is -2.05. The first kappa shape index (κ1) is 20.6. The number of aryl methyl sites for hydroxylation is 1. The van der Waals surface area contributed by atoms with Gasteiger partial charge in [0, 0.05) is 18.8 Å². The highest BCUT2D eigenvalue weighted by Gasteiger charge is 2.20. The molecule has 1 N–H and O–H groups in total. The van der Waals surface area contributed by atoms with Crippen LogP contribution in [0.2, 0.25) is 0 Å². The second kappa shape index (κ2) is 7.25. The Bertz CT molecular complexity index is 1420. The van der Waals surface area contributed by atoms with Gasteiger partial charge in [-0.25, -0.2) is 12.9 Å². The average Bonchev–Trinajstić information content (AvgIpc) is 3.34. The molecule has 0 aliphatic heterocycles. The average molecular weight is 435 g/mol. The van der Waals surface area contributed by atoms with E-state index in [2.05, 4.69) is 41.8 Å². The molecule has 0 aliphatic rings. The SMILES string of the molecule is Cn1cc(-c2cc3c(C#N)ccc(NS(=O)(=O)c4ccc(C(C)(C)C)cc4)n3n2)cn1. The Hall–Kier alpha value is -3.64. The number of pyridine rings is 1. The minimum atomic E-state index is -3.85. The van der Waals surface area contributed by atoms with E-state index in [0.29, 0.717) is 16.8 Å². The Balaban J connectivity index is 1.75. The lowest BCUT2D eigenvalue weighted by Crippen LogP contribution is -2.17. The molecule has 9 heteroatoms. The van der Waals surface area contributed by atoms with Gasteiger partial charge in [0.15, 0.2) is 0 Å². The monoisotopic (exact) mass is 434 g/mol. The number of nitriles is 1. The zero-order valence-electron chi connectivity index (χ0n) is 17.7. The minimum Gasteiger partial charge on any atom is -0.275 e. The van der Waals surface area contributed by atoms with Crippen molar-refractivity contribution in [2.45, 2.75) is 31.1 Å². The van der Waals surface area contributed by atoms with Gasteiger partial charge in [0.1, 0.15) is 11.9 Å². The van der Waals surface area contributed by atoms with Crippen LogP contribution in [0.25, 0.3) is 16.8 Å². The van der Waals surface area contributed by atoms with Crippen molar-refractivity contribution < 1.29 is 8.42 Å². The van der Waals surface area contributed by atoms with Crippen molar-refractivity contribution in [1.82, 2.24) is 19.4 Å². The molecule has 0 unspecified atom stereocenters. The van der Waals surface area contributed by atoms with Crippen molar-refractivity contribution in [2.75, 3.05) is 4.72 Å². The fourth-order valence-corrected chi connectivity index (χ4v) is 4.31. The van der Waals surface area contributed by atoms with E-state index in [1.54, 1.807) is 48.4 Å². The molecule has 4 rings (SSSR count). The van der Waals surface area contributed by atoms with E-state index in [9.17, 15) is 13.7 Å². The van der Waals surface area contributed by atoms with E-state index in [4.69, 9.17) is 0 Å². The molecule has 158 valence electrons. The van der Waals surface area contributed by atoms with Crippen molar-refractivity contribution in [2.24, 2.45) is 7.05 Å². The zero-order chi connectivity index (χ0) is 22.4. The highest BCUT2D eigenvalue weighted by atomic mass is 32.2. The van der Waals surface area contributed by atoms with Crippen molar-refractivity contribution >= 4 is 21.4 Å². The van der Waals surface area contributed by atoms with Gasteiger partial charge in [0.2, 0.25) is 0 Å². The van der Waals surface area contributed by atoms with E-state index >= 15 is 0 Å². The molecule has 8 nitrogen and oxygen atoms in total. The Morgan fingerprint density at radius 2 is 1.81 bits per heavy atom. The fourth-order valence-electron chi connectivity index (χ4n) is 3.27. The van der Waals surface area contributed by atoms with E-state index in [0.717, 1.165) is 11.1 Å². The van der Waals surface area contributed by atoms with Gasteiger partial charge >= 0.3 is 0 Å². The summed E-state index contributed by atoms with van der Waals surface area (Å²) in [5, 5.41) is 18.1. The standard InChI is InChI=1S/C22H22N6O2S/c1-22(2,3)17-6-8-18(9-7-17)31(29,30)26-21-10-5-15(12-23)20-11-19(25-28(20)21)16-13-24-27(4)14-16/h5-11,13-14,26H,1-4H3. The number of nitrogens with one attached hydrogen (secondary N) is 1. The highest BCUT2D eigenvalue weighted by Crippen LogP contribution is 2.27. The summed E-state index contributed by atoms with van der Waals surface area (Å²) in [6.45, 7) is 6.21. The summed E-state index contributed by atoms with van der Waals surface area (Å²) in [6, 6.07) is 13.8. The first-order valence-corrected chi connectivity index (χ1v) is 11.1. The number of anilines is 1. The summed E-state index contributed by atoms with van der Waals surface area (Å²) < 4.78 is 31.7. The summed E-state index contributed by atoms with van der Waals surface area (Å²) in [4.78, 5) is 0.151. The van der Waals surface area contributed by atoms with Crippen LogP contribution in [-0.4, -0.2) is 27.8 Å². The van der Waals surface area contributed by atoms with Crippen LogP contribution in [-0.2, 0) is 22.5 Å². The summed E-state index contributed by atoms with van der Waals surface area (Å²) in [6.07, 6.45) is 3.46. The molecule has 0 amide bonds. The quantitative estimate of drug-likeness (QED) is 0.527. The Kier molecular flexibility index (Phi) is 4.82. The number of hydrogen-bond acceptors (Lipinski definition) is 5. The molecule has 1 aromatic carbocycles. The molecule has 3 heterocycles. The molecule has 0 radical (unpaired) electrons. The Labute approximate surface area is 180 Å². The number of sulfonamides is 1. The second-order valence-electron chi connectivity index (χ2n) is 8.35. The number of hydrogen-bond donors (Lipinski definition) is 1. The maximum absolute atomic E-state index is 13.0. The molecule has 3 aromatic heterocycles. The first-order chi connectivity index (χ1) is 14.6. The number of benzene rings is 1. The minimum absolute atomic E-state index is 0.0766. The van der Waals surface area contributed by atoms with Crippen molar-refractivity contribution in [3.05, 3.63) is 66.0 Å². The fraction of sp³-hybridized carbons (Fsp3) is 0.227. The van der Waals surface area contributed by atoms with Crippen LogP contribution < -0.4 is 4.72 Å². The van der Waals surface area contributed by atoms with E-state index in [-0.39, 0.29) is 16.1 Å². The van der Waals surface area contributed by atoms with Crippen LogP contribution >= 0.6 is 0 Å². The van der Waals surface area contributed by atoms with Crippen molar-refractivity contribution in [3.63, 3.8) is 0 Å². The second-order valence-corrected chi connectivity index (χ2v) is 10.0. The smallest absolute Gasteiger partial charge is 0.263 e. The molecule has 0 spiro atoms. The maximum Gasteiger partial charge on any atom is 0.263 e. The van der Waals surface area contributed by atoms with Gasteiger partial charge in [-0.15, -0.1) is 0 Å². The molecule has 0 atom stereocenters. The summed E-state index contributed by atoms with van der Waals surface area (Å²) >= 11 is 0. The number of fused-ring (bicyclic) bond motifs is 1. The van der Waals surface area contributed by atoms with Gasteiger partial charge in [0.05, 0.1) is 27.9 Å². The first-order valence-electron chi connectivity index (χ1n) is 9.64. The van der Waals surface area contributed by atoms with Gasteiger partial charge in [-0.2, -0.15) is 15.5 Å². The third-order valence-electron chi connectivity index (χ3n) is 5.01. The summed E-state index contributed by atoms with van der Waals surface area (Å²) in [5.41, 5.74) is 3.21. The lowest BCUT2D eigenvalue weighted by Gasteiger charge is -2.19. The number of aromatic nitrogens is 4. The van der Waals surface area contributed by atoms with Gasteiger partial charge in [-0.05, 0) is 41.3 Å². The lowest BCUT2D eigenvalue weighted by atomic mass is 9.87. The Morgan fingerprint density at radius 3 is 2.39 bits per heavy atom. The van der Waals surface area contributed by atoms with Gasteiger partial charge < -0.3 is 0 Å². The molecule has 0 aliphatic carbocycles. The predicted octanol–water partition coefficient (Wildman–Crippen LogP) is 3.70. The van der Waals surface area contributed by atoms with Crippen molar-refractivity contribution in [3.8, 4) is 17.3 Å². The van der Waals surface area contributed by atoms with Crippen LogP contribution in [0, 0.1) is 11.3 Å². The normalized spacial score (nSPS) is 12.1. The predicted molar refractivity (Wildman–Crippen MR) is 118 cm³/mol. The summed E-state index contributed by atoms with van der Waals surface area (Å²) in [5.74, 6) is 0.240. The van der Waals surface area contributed by atoms with Crippen LogP contribution in [0.1, 0.15) is 31.9 Å². The maximum atomic E-state index is 13.0. The van der Waals surface area contributed by atoms with Gasteiger partial charge in [-0.1, -0.05) is 32.9 Å². The zero-order valence-corrected chi connectivity index (χ0v) is 18.5. The third-order valence-corrected chi connectivity index (χ3v) is 6.38. The molecule has 4 aromatic rings.